The van der Waals surface area contributed by atoms with Gasteiger partial charge in [0.2, 0.25) is 0 Å². The van der Waals surface area contributed by atoms with Gasteiger partial charge in [0.25, 0.3) is 0 Å². The van der Waals surface area contributed by atoms with Crippen molar-refractivity contribution in [3.63, 3.8) is 0 Å². The van der Waals surface area contributed by atoms with Crippen LogP contribution < -0.4 is 5.32 Å². The monoisotopic (exact) mass is 255 g/mol. The summed E-state index contributed by atoms with van der Waals surface area (Å²) >= 11 is 0. The van der Waals surface area contributed by atoms with Gasteiger partial charge < -0.3 is 5.32 Å². The maximum absolute atomic E-state index is 4.75. The van der Waals surface area contributed by atoms with E-state index in [9.17, 15) is 0 Å². The van der Waals surface area contributed by atoms with Gasteiger partial charge in [-0.3, -0.25) is 4.68 Å². The van der Waals surface area contributed by atoms with Crippen LogP contribution in [0.5, 0.6) is 0 Å². The molecule has 1 aromatic heterocycles. The highest BCUT2D eigenvalue weighted by Gasteiger charge is 2.25. The third kappa shape index (κ3) is 2.19. The van der Waals surface area contributed by atoms with E-state index in [1.54, 1.807) is 0 Å². The van der Waals surface area contributed by atoms with Crippen LogP contribution in [0.1, 0.15) is 35.8 Å². The van der Waals surface area contributed by atoms with E-state index in [0.717, 1.165) is 6.54 Å². The Morgan fingerprint density at radius 1 is 1.32 bits per heavy atom. The minimum atomic E-state index is 0.412. The molecule has 0 amide bonds. The quantitative estimate of drug-likeness (QED) is 0.893. The first-order valence-corrected chi connectivity index (χ1v) is 7.00. The first-order valence-electron chi connectivity index (χ1n) is 7.00. The lowest BCUT2D eigenvalue weighted by molar-refractivity contribution is 0.605. The summed E-state index contributed by atoms with van der Waals surface area (Å²) in [6, 6.07) is 9.12. The fraction of sp³-hybridized carbons (Fsp3) is 0.438. The van der Waals surface area contributed by atoms with Crippen molar-refractivity contribution in [2.45, 2.75) is 32.7 Å². The highest BCUT2D eigenvalue weighted by Crippen LogP contribution is 2.34. The first-order chi connectivity index (χ1) is 9.16. The predicted octanol–water partition coefficient (Wildman–Crippen LogP) is 3.13. The molecular formula is C16H21N3. The van der Waals surface area contributed by atoms with Crippen LogP contribution in [0, 0.1) is 13.8 Å². The summed E-state index contributed by atoms with van der Waals surface area (Å²) in [7, 11) is 2.03. The average molecular weight is 255 g/mol. The largest absolute Gasteiger partial charge is 0.309 e. The Hall–Kier alpha value is -1.61. The Balaban J connectivity index is 2.13. The number of aryl methyl sites for hydroxylation is 2. The van der Waals surface area contributed by atoms with Crippen LogP contribution in [0.4, 0.5) is 0 Å². The minimum absolute atomic E-state index is 0.412. The molecule has 0 spiro atoms. The Labute approximate surface area is 114 Å². The highest BCUT2D eigenvalue weighted by molar-refractivity contribution is 5.70. The molecule has 2 aromatic rings. The molecule has 0 bridgehead atoms. The molecule has 3 heteroatoms. The molecule has 1 N–H and O–H groups in total. The molecule has 1 atom stereocenters. The molecule has 1 aromatic carbocycles. The van der Waals surface area contributed by atoms with E-state index in [2.05, 4.69) is 43.4 Å². The number of rotatable bonds is 2. The van der Waals surface area contributed by atoms with Crippen molar-refractivity contribution in [3.05, 3.63) is 41.2 Å². The van der Waals surface area contributed by atoms with E-state index in [1.807, 2.05) is 11.7 Å². The van der Waals surface area contributed by atoms with Crippen molar-refractivity contribution in [2.75, 3.05) is 6.54 Å². The maximum Gasteiger partial charge on any atom is 0.0874 e. The first kappa shape index (κ1) is 12.4. The van der Waals surface area contributed by atoms with Gasteiger partial charge in [-0.15, -0.1) is 0 Å². The third-order valence-corrected chi connectivity index (χ3v) is 4.06. The smallest absolute Gasteiger partial charge is 0.0874 e. The van der Waals surface area contributed by atoms with Gasteiger partial charge in [-0.1, -0.05) is 29.8 Å². The fourth-order valence-corrected chi connectivity index (χ4v) is 2.95. The van der Waals surface area contributed by atoms with Crippen LogP contribution in [0.15, 0.2) is 24.3 Å². The summed E-state index contributed by atoms with van der Waals surface area (Å²) in [6.45, 7) is 5.40. The number of aromatic nitrogens is 2. The van der Waals surface area contributed by atoms with Crippen LogP contribution in [-0.2, 0) is 7.05 Å². The average Bonchev–Trinajstić information content (AvgIpc) is 2.99. The zero-order chi connectivity index (χ0) is 13.4. The molecule has 3 rings (SSSR count). The highest BCUT2D eigenvalue weighted by atomic mass is 15.3. The van der Waals surface area contributed by atoms with Gasteiger partial charge in [-0.05, 0) is 38.8 Å². The zero-order valence-electron chi connectivity index (χ0n) is 11.9. The van der Waals surface area contributed by atoms with Crippen molar-refractivity contribution in [3.8, 4) is 11.1 Å². The molecule has 2 heterocycles. The standard InChI is InChI=1S/C16H21N3/c1-11-6-4-7-13(10-11)15-12(2)19(3)18-16(15)14-8-5-9-17-14/h4,6-7,10,14,17H,5,8-9H2,1-3H3. The molecule has 1 aliphatic heterocycles. The Kier molecular flexibility index (Phi) is 3.15. The molecule has 19 heavy (non-hydrogen) atoms. The lowest BCUT2D eigenvalue weighted by Gasteiger charge is -2.11. The van der Waals surface area contributed by atoms with Gasteiger partial charge in [0.05, 0.1) is 11.7 Å². The molecule has 0 aliphatic carbocycles. The summed E-state index contributed by atoms with van der Waals surface area (Å²) in [4.78, 5) is 0. The SMILES string of the molecule is Cc1cccc(-c2c(C3CCCN3)nn(C)c2C)c1. The summed E-state index contributed by atoms with van der Waals surface area (Å²) in [5, 5.41) is 8.31. The molecular weight excluding hydrogens is 234 g/mol. The van der Waals surface area contributed by atoms with Crippen molar-refractivity contribution in [2.24, 2.45) is 7.05 Å². The number of nitrogens with zero attached hydrogens (tertiary/aromatic N) is 2. The molecule has 1 aliphatic rings. The summed E-state index contributed by atoms with van der Waals surface area (Å²) in [6.07, 6.45) is 2.43. The molecule has 100 valence electrons. The maximum atomic E-state index is 4.75. The van der Waals surface area contributed by atoms with E-state index < -0.39 is 0 Å². The second-order valence-corrected chi connectivity index (χ2v) is 5.49. The fourth-order valence-electron chi connectivity index (χ4n) is 2.95. The van der Waals surface area contributed by atoms with Crippen LogP contribution >= 0.6 is 0 Å². The van der Waals surface area contributed by atoms with E-state index in [-0.39, 0.29) is 0 Å². The molecule has 3 nitrogen and oxygen atoms in total. The minimum Gasteiger partial charge on any atom is -0.309 e. The van der Waals surface area contributed by atoms with Gasteiger partial charge >= 0.3 is 0 Å². The molecule has 1 unspecified atom stereocenters. The number of hydrogen-bond donors (Lipinski definition) is 1. The summed E-state index contributed by atoms with van der Waals surface area (Å²) in [5.41, 5.74) is 6.35. The normalized spacial score (nSPS) is 19.0. The van der Waals surface area contributed by atoms with Crippen molar-refractivity contribution in [1.29, 1.82) is 0 Å². The van der Waals surface area contributed by atoms with Gasteiger partial charge in [-0.2, -0.15) is 5.10 Å². The number of hydrogen-bond acceptors (Lipinski definition) is 2. The van der Waals surface area contributed by atoms with Crippen LogP contribution in [0.3, 0.4) is 0 Å². The van der Waals surface area contributed by atoms with E-state index in [1.165, 1.54) is 40.9 Å². The Morgan fingerprint density at radius 2 is 2.16 bits per heavy atom. The van der Waals surface area contributed by atoms with E-state index >= 15 is 0 Å². The van der Waals surface area contributed by atoms with Crippen LogP contribution in [-0.4, -0.2) is 16.3 Å². The van der Waals surface area contributed by atoms with Crippen LogP contribution in [0.2, 0.25) is 0 Å². The topological polar surface area (TPSA) is 29.9 Å². The van der Waals surface area contributed by atoms with Crippen molar-refractivity contribution in [1.82, 2.24) is 15.1 Å². The van der Waals surface area contributed by atoms with Gasteiger partial charge in [0.1, 0.15) is 0 Å². The molecule has 1 saturated heterocycles. The van der Waals surface area contributed by atoms with Gasteiger partial charge in [0, 0.05) is 18.3 Å². The third-order valence-electron chi connectivity index (χ3n) is 4.06. The number of nitrogens with one attached hydrogen (secondary N) is 1. The van der Waals surface area contributed by atoms with Crippen molar-refractivity contribution < 1.29 is 0 Å². The second kappa shape index (κ2) is 4.82. The summed E-state index contributed by atoms with van der Waals surface area (Å²) < 4.78 is 2.01. The van der Waals surface area contributed by atoms with Gasteiger partial charge in [-0.25, -0.2) is 0 Å². The lowest BCUT2D eigenvalue weighted by atomic mass is 9.98. The second-order valence-electron chi connectivity index (χ2n) is 5.49. The van der Waals surface area contributed by atoms with E-state index in [4.69, 9.17) is 5.10 Å². The van der Waals surface area contributed by atoms with Crippen LogP contribution in [0.25, 0.3) is 11.1 Å². The van der Waals surface area contributed by atoms with Gasteiger partial charge in [0.15, 0.2) is 0 Å². The molecule has 0 radical (unpaired) electrons. The number of benzene rings is 1. The Bertz CT molecular complexity index is 592. The zero-order valence-corrected chi connectivity index (χ0v) is 11.9. The summed E-state index contributed by atoms with van der Waals surface area (Å²) in [5.74, 6) is 0. The lowest BCUT2D eigenvalue weighted by Crippen LogP contribution is -2.14. The Morgan fingerprint density at radius 3 is 2.84 bits per heavy atom. The van der Waals surface area contributed by atoms with Crippen molar-refractivity contribution >= 4 is 0 Å². The predicted molar refractivity (Wildman–Crippen MR) is 78.1 cm³/mol. The van der Waals surface area contributed by atoms with E-state index in [0.29, 0.717) is 6.04 Å². The molecule has 0 saturated carbocycles. The molecule has 1 fully saturated rings.